The molecule has 24 heavy (non-hydrogen) atoms. The molecule has 0 bridgehead atoms. The van der Waals surface area contributed by atoms with Gasteiger partial charge in [0.05, 0.1) is 0 Å². The van der Waals surface area contributed by atoms with E-state index >= 15 is 0 Å². The predicted molar refractivity (Wildman–Crippen MR) is 84.4 cm³/mol. The highest BCUT2D eigenvalue weighted by molar-refractivity contribution is 7.89. The molecule has 2 aromatic carbocycles. The third kappa shape index (κ3) is 4.34. The van der Waals surface area contributed by atoms with Gasteiger partial charge < -0.3 is 4.90 Å². The molecule has 8 heteroatoms. The van der Waals surface area contributed by atoms with E-state index in [1.165, 1.54) is 18.2 Å². The minimum atomic E-state index is -4.17. The van der Waals surface area contributed by atoms with Crippen LogP contribution in [-0.2, 0) is 10.0 Å². The molecule has 4 nitrogen and oxygen atoms in total. The lowest BCUT2D eigenvalue weighted by atomic mass is 10.1. The SMILES string of the molecule is CN(C)[C@H](CNS(=O)(=O)c1ccc(F)cc1F)c1cccc(F)c1. The summed E-state index contributed by atoms with van der Waals surface area (Å²) in [4.78, 5) is 1.07. The van der Waals surface area contributed by atoms with Gasteiger partial charge in [-0.2, -0.15) is 0 Å². The van der Waals surface area contributed by atoms with Crippen LogP contribution in [0.3, 0.4) is 0 Å². The number of nitrogens with one attached hydrogen (secondary N) is 1. The van der Waals surface area contributed by atoms with E-state index in [0.717, 1.165) is 12.1 Å². The van der Waals surface area contributed by atoms with E-state index in [1.807, 2.05) is 0 Å². The molecule has 0 saturated carbocycles. The van der Waals surface area contributed by atoms with Crippen molar-refractivity contribution in [3.05, 3.63) is 65.5 Å². The van der Waals surface area contributed by atoms with Crippen LogP contribution >= 0.6 is 0 Å². The zero-order valence-corrected chi connectivity index (χ0v) is 13.9. The van der Waals surface area contributed by atoms with Crippen molar-refractivity contribution in [1.82, 2.24) is 9.62 Å². The second-order valence-electron chi connectivity index (χ2n) is 5.46. The van der Waals surface area contributed by atoms with Gasteiger partial charge in [-0.25, -0.2) is 26.3 Å². The number of halogens is 3. The Morgan fingerprint density at radius 2 is 1.71 bits per heavy atom. The Kier molecular flexibility index (Phi) is 5.63. The van der Waals surface area contributed by atoms with Gasteiger partial charge in [0, 0.05) is 18.7 Å². The number of benzene rings is 2. The van der Waals surface area contributed by atoms with Crippen LogP contribution in [-0.4, -0.2) is 34.0 Å². The van der Waals surface area contributed by atoms with Crippen molar-refractivity contribution in [1.29, 1.82) is 0 Å². The third-order valence-electron chi connectivity index (χ3n) is 3.51. The summed E-state index contributed by atoms with van der Waals surface area (Å²) in [6.45, 7) is -0.102. The van der Waals surface area contributed by atoms with Gasteiger partial charge in [0.15, 0.2) is 0 Å². The largest absolute Gasteiger partial charge is 0.301 e. The number of likely N-dealkylation sites (N-methyl/N-ethyl adjacent to an activating group) is 1. The Labute approximate surface area is 139 Å². The van der Waals surface area contributed by atoms with Gasteiger partial charge in [-0.05, 0) is 43.9 Å². The van der Waals surface area contributed by atoms with Crippen LogP contribution in [0, 0.1) is 17.5 Å². The Balaban J connectivity index is 2.22. The van der Waals surface area contributed by atoms with Crippen molar-refractivity contribution < 1.29 is 21.6 Å². The second kappa shape index (κ2) is 7.33. The molecule has 0 amide bonds. The number of rotatable bonds is 6. The smallest absolute Gasteiger partial charge is 0.243 e. The van der Waals surface area contributed by atoms with Crippen molar-refractivity contribution in [2.75, 3.05) is 20.6 Å². The zero-order valence-electron chi connectivity index (χ0n) is 13.1. The number of sulfonamides is 1. The third-order valence-corrected chi connectivity index (χ3v) is 4.96. The molecule has 0 spiro atoms. The van der Waals surface area contributed by atoms with Crippen LogP contribution in [0.2, 0.25) is 0 Å². The fraction of sp³-hybridized carbons (Fsp3) is 0.250. The summed E-state index contributed by atoms with van der Waals surface area (Å²) in [5, 5.41) is 0. The van der Waals surface area contributed by atoms with Crippen LogP contribution < -0.4 is 4.72 Å². The Morgan fingerprint density at radius 3 is 2.29 bits per heavy atom. The van der Waals surface area contributed by atoms with E-state index in [-0.39, 0.29) is 6.54 Å². The molecule has 0 saturated heterocycles. The van der Waals surface area contributed by atoms with Gasteiger partial charge in [-0.15, -0.1) is 0 Å². The fourth-order valence-electron chi connectivity index (χ4n) is 2.27. The maximum atomic E-state index is 13.7. The average molecular weight is 358 g/mol. The van der Waals surface area contributed by atoms with Crippen molar-refractivity contribution in [3.63, 3.8) is 0 Å². The summed E-state index contributed by atoms with van der Waals surface area (Å²) < 4.78 is 66.7. The fourth-order valence-corrected chi connectivity index (χ4v) is 3.37. The Morgan fingerprint density at radius 1 is 1.04 bits per heavy atom. The van der Waals surface area contributed by atoms with Gasteiger partial charge >= 0.3 is 0 Å². The summed E-state index contributed by atoms with van der Waals surface area (Å²) >= 11 is 0. The van der Waals surface area contributed by atoms with E-state index in [2.05, 4.69) is 4.72 Å². The summed E-state index contributed by atoms with van der Waals surface area (Å²) in [6.07, 6.45) is 0. The summed E-state index contributed by atoms with van der Waals surface area (Å²) in [7, 11) is -0.745. The van der Waals surface area contributed by atoms with Gasteiger partial charge in [-0.3, -0.25) is 0 Å². The van der Waals surface area contributed by atoms with Crippen molar-refractivity contribution in [3.8, 4) is 0 Å². The van der Waals surface area contributed by atoms with Crippen LogP contribution in [0.4, 0.5) is 13.2 Å². The van der Waals surface area contributed by atoms with Crippen molar-refractivity contribution >= 4 is 10.0 Å². The highest BCUT2D eigenvalue weighted by Crippen LogP contribution is 2.20. The highest BCUT2D eigenvalue weighted by atomic mass is 32.2. The molecule has 0 aliphatic carbocycles. The monoisotopic (exact) mass is 358 g/mol. The minimum absolute atomic E-state index is 0.102. The molecular formula is C16H17F3N2O2S. The summed E-state index contributed by atoms with van der Waals surface area (Å²) in [5.41, 5.74) is 0.572. The average Bonchev–Trinajstić information content (AvgIpc) is 2.46. The molecule has 0 radical (unpaired) electrons. The molecule has 2 rings (SSSR count). The molecule has 0 aromatic heterocycles. The first kappa shape index (κ1) is 18.4. The van der Waals surface area contributed by atoms with Crippen molar-refractivity contribution in [2.45, 2.75) is 10.9 Å². The normalized spacial score (nSPS) is 13.2. The topological polar surface area (TPSA) is 49.4 Å². The predicted octanol–water partition coefficient (Wildman–Crippen LogP) is 2.69. The lowest BCUT2D eigenvalue weighted by Crippen LogP contribution is -2.35. The molecule has 1 atom stereocenters. The van der Waals surface area contributed by atoms with Crippen LogP contribution in [0.5, 0.6) is 0 Å². The van der Waals surface area contributed by atoms with E-state index < -0.39 is 38.4 Å². The van der Waals surface area contributed by atoms with Crippen LogP contribution in [0.1, 0.15) is 11.6 Å². The van der Waals surface area contributed by atoms with Crippen molar-refractivity contribution in [2.24, 2.45) is 0 Å². The quantitative estimate of drug-likeness (QED) is 0.864. The lowest BCUT2D eigenvalue weighted by molar-refractivity contribution is 0.298. The van der Waals surface area contributed by atoms with E-state index in [1.54, 1.807) is 25.1 Å². The molecule has 130 valence electrons. The van der Waals surface area contributed by atoms with Gasteiger partial charge in [0.1, 0.15) is 22.3 Å². The van der Waals surface area contributed by atoms with Crippen LogP contribution in [0.15, 0.2) is 47.4 Å². The lowest BCUT2D eigenvalue weighted by Gasteiger charge is -2.25. The number of nitrogens with zero attached hydrogens (tertiary/aromatic N) is 1. The molecule has 0 heterocycles. The van der Waals surface area contributed by atoms with E-state index in [0.29, 0.717) is 11.6 Å². The van der Waals surface area contributed by atoms with E-state index in [4.69, 9.17) is 0 Å². The molecule has 1 N–H and O–H groups in total. The molecule has 0 unspecified atom stereocenters. The number of hydrogen-bond donors (Lipinski definition) is 1. The van der Waals surface area contributed by atoms with Gasteiger partial charge in [-0.1, -0.05) is 12.1 Å². The van der Waals surface area contributed by atoms with Gasteiger partial charge in [0.25, 0.3) is 0 Å². The highest BCUT2D eigenvalue weighted by Gasteiger charge is 2.23. The number of hydrogen-bond acceptors (Lipinski definition) is 3. The molecule has 0 fully saturated rings. The Bertz CT molecular complexity index is 826. The second-order valence-corrected chi connectivity index (χ2v) is 7.20. The standard InChI is InChI=1S/C16H17F3N2O2S/c1-21(2)15(11-4-3-5-12(17)8-11)10-20-24(22,23)16-7-6-13(18)9-14(16)19/h3-9,15,20H,10H2,1-2H3/t15-/m1/s1. The Hall–Kier alpha value is -1.90. The molecule has 0 aliphatic heterocycles. The minimum Gasteiger partial charge on any atom is -0.301 e. The van der Waals surface area contributed by atoms with Crippen LogP contribution in [0.25, 0.3) is 0 Å². The molecular weight excluding hydrogens is 341 g/mol. The first-order valence-corrected chi connectivity index (χ1v) is 8.55. The molecule has 2 aromatic rings. The van der Waals surface area contributed by atoms with E-state index in [9.17, 15) is 21.6 Å². The zero-order chi connectivity index (χ0) is 17.9. The maximum Gasteiger partial charge on any atom is 0.243 e. The first-order chi connectivity index (χ1) is 11.2. The maximum absolute atomic E-state index is 13.7. The first-order valence-electron chi connectivity index (χ1n) is 7.07. The summed E-state index contributed by atoms with van der Waals surface area (Å²) in [6, 6.07) is 7.55. The molecule has 0 aliphatic rings. The van der Waals surface area contributed by atoms with Gasteiger partial charge in [0.2, 0.25) is 10.0 Å². The summed E-state index contributed by atoms with van der Waals surface area (Å²) in [5.74, 6) is -2.47.